The normalized spacial score (nSPS) is 16.1. The highest BCUT2D eigenvalue weighted by Crippen LogP contribution is 1.65. The van der Waals surface area contributed by atoms with E-state index in [2.05, 4.69) is 10.6 Å². The molecule has 2 N–H and O–H groups in total. The Hall–Kier alpha value is 0.115. The maximum atomic E-state index is 4.96. The van der Waals surface area contributed by atoms with Gasteiger partial charge >= 0.3 is 0 Å². The van der Waals surface area contributed by atoms with Crippen molar-refractivity contribution in [3.63, 3.8) is 0 Å². The maximum Gasteiger partial charge on any atom is 0.0541 e. The summed E-state index contributed by atoms with van der Waals surface area (Å²) in [5.41, 5.74) is 0. The zero-order valence-electron chi connectivity index (χ0n) is 7.27. The molecule has 0 atom stereocenters. The van der Waals surface area contributed by atoms with Crippen LogP contribution in [0.15, 0.2) is 0 Å². The summed E-state index contributed by atoms with van der Waals surface area (Å²) >= 11 is 0. The van der Waals surface area contributed by atoms with Gasteiger partial charge in [0.1, 0.15) is 0 Å². The van der Waals surface area contributed by atoms with Crippen LogP contribution in [0.25, 0.3) is 0 Å². The lowest BCUT2D eigenvalue weighted by Gasteiger charge is -2.11. The van der Waals surface area contributed by atoms with Crippen molar-refractivity contribution in [2.24, 2.45) is 0 Å². The summed E-state index contributed by atoms with van der Waals surface area (Å²) < 4.78 is 0. The molecule has 1 rings (SSSR count). The van der Waals surface area contributed by atoms with E-state index in [0.717, 1.165) is 32.5 Å². The number of hydrogen-bond acceptors (Lipinski definition) is 2. The molecule has 0 spiro atoms. The van der Waals surface area contributed by atoms with Gasteiger partial charge in [0, 0.05) is 41.0 Å². The van der Waals surface area contributed by atoms with E-state index < -0.39 is 0 Å². The Balaban J connectivity index is 0.000000187. The highest BCUT2D eigenvalue weighted by molar-refractivity contribution is 7.23. The Morgan fingerprint density at radius 1 is 1.18 bits per heavy atom. The Labute approximate surface area is 72.8 Å². The molecule has 0 aromatic rings. The predicted molar refractivity (Wildman–Crippen MR) is 53.5 cm³/mol. The lowest BCUT2D eigenvalue weighted by molar-refractivity contribution is 0.534. The van der Waals surface area contributed by atoms with Crippen LogP contribution >= 0.6 is 0 Å². The average Bonchev–Trinajstić information content (AvgIpc) is 2.10. The van der Waals surface area contributed by atoms with E-state index in [1.165, 1.54) is 0 Å². The molecule has 58 valence electrons. The molecule has 1 saturated heterocycles. The van der Waals surface area contributed by atoms with Gasteiger partial charge in [-0.05, 0) is 0 Å². The first-order chi connectivity index (χ1) is 5.41. The Bertz CT molecular complexity index is 55.3. The monoisotopic (exact) mass is 148 g/mol. The second-order valence-electron chi connectivity index (χ2n) is 2.34. The van der Waals surface area contributed by atoms with Gasteiger partial charge in [0.25, 0.3) is 0 Å². The zero-order chi connectivity index (χ0) is 8.36. The lowest BCUT2D eigenvalue weighted by Crippen LogP contribution is -2.39. The van der Waals surface area contributed by atoms with Crippen molar-refractivity contribution < 1.29 is 0 Å². The fourth-order valence-corrected chi connectivity index (χ4v) is 0.740. The van der Waals surface area contributed by atoms with Crippen LogP contribution in [-0.4, -0.2) is 48.1 Å². The molecule has 1 aliphatic heterocycles. The maximum absolute atomic E-state index is 4.96. The van der Waals surface area contributed by atoms with E-state index in [1.807, 2.05) is 14.1 Å². The van der Waals surface area contributed by atoms with Crippen LogP contribution < -0.4 is 10.6 Å². The van der Waals surface area contributed by atoms with Crippen LogP contribution in [0.5, 0.6) is 0 Å². The molecule has 0 amide bonds. The molecule has 5 heteroatoms. The van der Waals surface area contributed by atoms with Crippen molar-refractivity contribution in [3.05, 3.63) is 0 Å². The number of rotatable bonds is 2. The van der Waals surface area contributed by atoms with Crippen molar-refractivity contribution in [2.75, 3.05) is 26.2 Å². The van der Waals surface area contributed by atoms with Crippen molar-refractivity contribution in [1.29, 1.82) is 0 Å². The minimum Gasteiger partial charge on any atom is -0.314 e. The molecule has 4 radical (unpaired) electrons. The quantitative estimate of drug-likeness (QED) is 0.491. The SMILES string of the molecule is C1CNCCN1.[B][B][B]CC. The molecule has 0 unspecified atom stereocenters. The van der Waals surface area contributed by atoms with Crippen molar-refractivity contribution in [3.8, 4) is 0 Å². The van der Waals surface area contributed by atoms with Crippen LogP contribution in [0.3, 0.4) is 0 Å². The lowest BCUT2D eigenvalue weighted by atomic mass is 9.27. The standard InChI is InChI=1S/C4H10N2.C2H5B3/c1-2-6-4-3-5-1;1-2-4-5-3/h5-6H,1-4H2;2H2,1H3. The van der Waals surface area contributed by atoms with Gasteiger partial charge in [0.2, 0.25) is 0 Å². The van der Waals surface area contributed by atoms with Gasteiger partial charge in [-0.2, -0.15) is 0 Å². The minimum absolute atomic E-state index is 1.04. The Kier molecular flexibility index (Phi) is 10.2. The van der Waals surface area contributed by atoms with Crippen LogP contribution in [0.2, 0.25) is 6.32 Å². The van der Waals surface area contributed by atoms with Crippen LogP contribution in [0, 0.1) is 0 Å². The molecule has 0 aliphatic carbocycles. The molecule has 1 fully saturated rings. The Morgan fingerprint density at radius 3 is 1.73 bits per heavy atom. The zero-order valence-corrected chi connectivity index (χ0v) is 7.27. The number of hydrogen-bond donors (Lipinski definition) is 2. The third-order valence-corrected chi connectivity index (χ3v) is 1.33. The first kappa shape index (κ1) is 11.1. The molecule has 2 nitrogen and oxygen atoms in total. The van der Waals surface area contributed by atoms with Crippen LogP contribution in [-0.2, 0) is 0 Å². The van der Waals surface area contributed by atoms with Gasteiger partial charge in [-0.15, -0.1) is 0 Å². The van der Waals surface area contributed by atoms with Gasteiger partial charge in [-0.1, -0.05) is 13.2 Å². The topological polar surface area (TPSA) is 24.1 Å². The highest BCUT2D eigenvalue weighted by atomic mass is 15.0. The molecular formula is C6H15B3N2. The second kappa shape index (κ2) is 10.1. The van der Waals surface area contributed by atoms with E-state index in [4.69, 9.17) is 7.74 Å². The fraction of sp³-hybridized carbons (Fsp3) is 1.00. The molecule has 0 saturated carbocycles. The van der Waals surface area contributed by atoms with E-state index in [0.29, 0.717) is 0 Å². The first-order valence-electron chi connectivity index (χ1n) is 4.20. The molecule has 1 heterocycles. The second-order valence-corrected chi connectivity index (χ2v) is 2.34. The molecule has 0 aromatic carbocycles. The van der Waals surface area contributed by atoms with Gasteiger partial charge in [-0.3, -0.25) is 0 Å². The third kappa shape index (κ3) is 10.1. The van der Waals surface area contributed by atoms with Gasteiger partial charge < -0.3 is 10.6 Å². The smallest absolute Gasteiger partial charge is 0.0541 e. The predicted octanol–water partition coefficient (Wildman–Crippen LogP) is -0.989. The van der Waals surface area contributed by atoms with Crippen molar-refractivity contribution in [1.82, 2.24) is 10.6 Å². The summed E-state index contributed by atoms with van der Waals surface area (Å²) in [6, 6.07) is 0. The van der Waals surface area contributed by atoms with Crippen molar-refractivity contribution >= 4 is 22.0 Å². The summed E-state index contributed by atoms with van der Waals surface area (Å²) in [5, 5.41) is 6.44. The van der Waals surface area contributed by atoms with Gasteiger partial charge in [-0.25, -0.2) is 0 Å². The third-order valence-electron chi connectivity index (χ3n) is 1.33. The van der Waals surface area contributed by atoms with Gasteiger partial charge in [0.15, 0.2) is 0 Å². The van der Waals surface area contributed by atoms with E-state index in [1.54, 1.807) is 7.06 Å². The first-order valence-corrected chi connectivity index (χ1v) is 4.20. The molecule has 0 aromatic heterocycles. The van der Waals surface area contributed by atoms with Crippen LogP contribution in [0.1, 0.15) is 6.92 Å². The molecule has 11 heavy (non-hydrogen) atoms. The largest absolute Gasteiger partial charge is 0.314 e. The summed E-state index contributed by atoms with van der Waals surface area (Å²) in [7, 11) is 8.42. The van der Waals surface area contributed by atoms with Crippen LogP contribution in [0.4, 0.5) is 0 Å². The van der Waals surface area contributed by atoms with E-state index in [-0.39, 0.29) is 0 Å². The molecule has 1 aliphatic rings. The van der Waals surface area contributed by atoms with E-state index in [9.17, 15) is 0 Å². The van der Waals surface area contributed by atoms with E-state index >= 15 is 0 Å². The summed E-state index contributed by atoms with van der Waals surface area (Å²) in [6.07, 6.45) is 1.04. The summed E-state index contributed by atoms with van der Waals surface area (Å²) in [6.45, 7) is 6.60. The summed E-state index contributed by atoms with van der Waals surface area (Å²) in [4.78, 5) is 0. The molecule has 0 bridgehead atoms. The minimum atomic E-state index is 1.04. The molecular weight excluding hydrogens is 133 g/mol. The number of piperazine rings is 1. The Morgan fingerprint density at radius 2 is 1.64 bits per heavy atom. The average molecular weight is 148 g/mol. The van der Waals surface area contributed by atoms with Gasteiger partial charge in [0.05, 0.1) is 7.17 Å². The number of nitrogens with one attached hydrogen (secondary N) is 2. The highest BCUT2D eigenvalue weighted by Gasteiger charge is 1.91. The fourth-order valence-electron chi connectivity index (χ4n) is 0.740. The summed E-state index contributed by atoms with van der Waals surface area (Å²) in [5.74, 6) is 0. The van der Waals surface area contributed by atoms with Crippen molar-refractivity contribution in [2.45, 2.75) is 13.2 Å².